The van der Waals surface area contributed by atoms with Crippen LogP contribution in [-0.2, 0) is 14.3 Å². The van der Waals surface area contributed by atoms with Crippen LogP contribution in [0.25, 0.3) is 0 Å². The first-order valence-electron chi connectivity index (χ1n) is 7.29. The molecule has 1 aromatic carbocycles. The number of ether oxygens (including phenoxy) is 1. The van der Waals surface area contributed by atoms with Crippen LogP contribution in [0.3, 0.4) is 0 Å². The Morgan fingerprint density at radius 1 is 1.36 bits per heavy atom. The number of rotatable bonds is 4. The Morgan fingerprint density at radius 2 is 2.00 bits per heavy atom. The molecular weight excluding hydrogens is 286 g/mol. The Bertz CT molecular complexity index is 585. The van der Waals surface area contributed by atoms with Gasteiger partial charge in [0.05, 0.1) is 12.5 Å². The highest BCUT2D eigenvalue weighted by molar-refractivity contribution is 5.88. The number of nitro groups is 1. The highest BCUT2D eigenvalue weighted by atomic mass is 16.6. The van der Waals surface area contributed by atoms with Crippen molar-refractivity contribution in [2.45, 2.75) is 38.1 Å². The second-order valence-corrected chi connectivity index (χ2v) is 5.70. The number of Topliss-reactive ketones (excluding diaryl/α,β-unsaturated/α-hetero) is 1. The summed E-state index contributed by atoms with van der Waals surface area (Å²) in [4.78, 5) is 35.5. The predicted molar refractivity (Wildman–Crippen MR) is 78.9 cm³/mol. The number of nitrogens with zero attached hydrogens (tertiary/aromatic N) is 1. The Balaban J connectivity index is 2.49. The summed E-state index contributed by atoms with van der Waals surface area (Å²) in [6, 6.07) is 8.86. The molecule has 22 heavy (non-hydrogen) atoms. The number of benzene rings is 1. The van der Waals surface area contributed by atoms with Crippen LogP contribution >= 0.6 is 0 Å². The summed E-state index contributed by atoms with van der Waals surface area (Å²) >= 11 is 0. The third kappa shape index (κ3) is 2.73. The molecule has 0 N–H and O–H groups in total. The van der Waals surface area contributed by atoms with Gasteiger partial charge in [0.25, 0.3) is 0 Å². The molecule has 0 aliphatic heterocycles. The molecule has 1 saturated carbocycles. The average Bonchev–Trinajstić information content (AvgIpc) is 2.50. The fourth-order valence-corrected chi connectivity index (χ4v) is 3.15. The molecule has 0 heterocycles. The van der Waals surface area contributed by atoms with Gasteiger partial charge in [0.15, 0.2) is 0 Å². The maximum absolute atomic E-state index is 12.2. The fourth-order valence-electron chi connectivity index (χ4n) is 3.15. The Kier molecular flexibility index (Phi) is 4.59. The number of carbonyl (C=O) groups excluding carboxylic acids is 2. The van der Waals surface area contributed by atoms with Gasteiger partial charge in [-0.25, -0.2) is 0 Å². The first-order chi connectivity index (χ1) is 10.4. The van der Waals surface area contributed by atoms with Crippen LogP contribution in [0.1, 0.15) is 38.2 Å². The molecule has 0 bridgehead atoms. The summed E-state index contributed by atoms with van der Waals surface area (Å²) in [5.74, 6) is -2.52. The van der Waals surface area contributed by atoms with E-state index in [1.165, 1.54) is 6.92 Å². The van der Waals surface area contributed by atoms with Crippen molar-refractivity contribution in [3.8, 4) is 0 Å². The topological polar surface area (TPSA) is 86.5 Å². The van der Waals surface area contributed by atoms with Crippen molar-refractivity contribution in [3.63, 3.8) is 0 Å². The third-order valence-corrected chi connectivity index (χ3v) is 4.44. The summed E-state index contributed by atoms with van der Waals surface area (Å²) in [6.45, 7) is 3.22. The van der Waals surface area contributed by atoms with Crippen LogP contribution in [0.15, 0.2) is 30.3 Å². The minimum atomic E-state index is -1.55. The molecule has 118 valence electrons. The summed E-state index contributed by atoms with van der Waals surface area (Å²) in [5.41, 5.74) is -0.856. The van der Waals surface area contributed by atoms with Crippen molar-refractivity contribution < 1.29 is 19.2 Å². The normalized spacial score (nSPS) is 28.2. The van der Waals surface area contributed by atoms with Crippen molar-refractivity contribution >= 4 is 11.8 Å². The molecule has 3 atom stereocenters. The van der Waals surface area contributed by atoms with Gasteiger partial charge in [-0.15, -0.1) is 0 Å². The number of hydrogen-bond donors (Lipinski definition) is 0. The second-order valence-electron chi connectivity index (χ2n) is 5.70. The smallest absolute Gasteiger partial charge is 0.316 e. The molecule has 1 fully saturated rings. The Morgan fingerprint density at radius 3 is 2.55 bits per heavy atom. The largest absolute Gasteiger partial charge is 0.466 e. The predicted octanol–water partition coefficient (Wildman–Crippen LogP) is 2.35. The summed E-state index contributed by atoms with van der Waals surface area (Å²) in [6.07, 6.45) is -0.0724. The van der Waals surface area contributed by atoms with Crippen molar-refractivity contribution in [2.75, 3.05) is 6.61 Å². The van der Waals surface area contributed by atoms with Crippen molar-refractivity contribution in [3.05, 3.63) is 46.0 Å². The van der Waals surface area contributed by atoms with Gasteiger partial charge in [0.2, 0.25) is 5.54 Å². The molecule has 6 nitrogen and oxygen atoms in total. The molecule has 2 rings (SSSR count). The van der Waals surface area contributed by atoms with E-state index in [1.54, 1.807) is 37.3 Å². The van der Waals surface area contributed by atoms with E-state index in [-0.39, 0.29) is 25.2 Å². The van der Waals surface area contributed by atoms with Crippen LogP contribution in [0.5, 0.6) is 0 Å². The maximum atomic E-state index is 12.2. The monoisotopic (exact) mass is 305 g/mol. The van der Waals surface area contributed by atoms with E-state index < -0.39 is 28.3 Å². The molecule has 1 aliphatic rings. The zero-order chi connectivity index (χ0) is 16.3. The molecule has 0 aromatic heterocycles. The molecule has 1 aromatic rings. The van der Waals surface area contributed by atoms with Gasteiger partial charge in [-0.05, 0) is 12.5 Å². The number of carbonyl (C=O) groups is 2. The molecule has 0 saturated heterocycles. The summed E-state index contributed by atoms with van der Waals surface area (Å²) in [7, 11) is 0. The fraction of sp³-hybridized carbons (Fsp3) is 0.500. The van der Waals surface area contributed by atoms with Crippen LogP contribution < -0.4 is 0 Å². The van der Waals surface area contributed by atoms with Crippen molar-refractivity contribution in [2.24, 2.45) is 5.92 Å². The van der Waals surface area contributed by atoms with E-state index in [2.05, 4.69) is 0 Å². The first-order valence-corrected chi connectivity index (χ1v) is 7.29. The van der Waals surface area contributed by atoms with Gasteiger partial charge >= 0.3 is 5.97 Å². The lowest BCUT2D eigenvalue weighted by Gasteiger charge is -2.38. The minimum absolute atomic E-state index is 0.0669. The molecule has 6 heteroatoms. The number of esters is 1. The van der Waals surface area contributed by atoms with Gasteiger partial charge in [-0.2, -0.15) is 0 Å². The van der Waals surface area contributed by atoms with E-state index in [4.69, 9.17) is 4.74 Å². The van der Waals surface area contributed by atoms with Gasteiger partial charge < -0.3 is 4.74 Å². The maximum Gasteiger partial charge on any atom is 0.316 e. The van der Waals surface area contributed by atoms with Crippen LogP contribution in [0.4, 0.5) is 0 Å². The number of hydrogen-bond acceptors (Lipinski definition) is 5. The van der Waals surface area contributed by atoms with E-state index in [0.29, 0.717) is 5.56 Å². The Hall–Kier alpha value is -2.24. The molecule has 0 unspecified atom stereocenters. The third-order valence-electron chi connectivity index (χ3n) is 4.44. The molecule has 1 aliphatic carbocycles. The highest BCUT2D eigenvalue weighted by Gasteiger charge is 2.60. The van der Waals surface area contributed by atoms with E-state index >= 15 is 0 Å². The lowest BCUT2D eigenvalue weighted by atomic mass is 9.64. The molecule has 0 spiro atoms. The molecule has 0 radical (unpaired) electrons. The Labute approximate surface area is 128 Å². The quantitative estimate of drug-likeness (QED) is 0.484. The van der Waals surface area contributed by atoms with Crippen LogP contribution in [0, 0.1) is 16.0 Å². The highest BCUT2D eigenvalue weighted by Crippen LogP contribution is 2.45. The van der Waals surface area contributed by atoms with Gasteiger partial charge in [-0.3, -0.25) is 19.7 Å². The van der Waals surface area contributed by atoms with Crippen LogP contribution in [-0.4, -0.2) is 28.8 Å². The second kappa shape index (κ2) is 6.25. The zero-order valence-corrected chi connectivity index (χ0v) is 12.7. The standard InChI is InChI=1S/C16H19NO5/c1-3-22-15(19)14-10-12(18)9-13(16(14,2)17(20)21)11-7-5-4-6-8-11/h4-8,13-14H,3,9-10H2,1-2H3/t13-,14+,16+/m1/s1. The van der Waals surface area contributed by atoms with Gasteiger partial charge in [-0.1, -0.05) is 30.3 Å². The van der Waals surface area contributed by atoms with Crippen LogP contribution in [0.2, 0.25) is 0 Å². The van der Waals surface area contributed by atoms with Gasteiger partial charge in [0, 0.05) is 24.7 Å². The lowest BCUT2D eigenvalue weighted by Crippen LogP contribution is -2.55. The van der Waals surface area contributed by atoms with Gasteiger partial charge in [0.1, 0.15) is 11.7 Å². The summed E-state index contributed by atoms with van der Waals surface area (Å²) < 4.78 is 4.96. The van der Waals surface area contributed by atoms with E-state index in [0.717, 1.165) is 0 Å². The van der Waals surface area contributed by atoms with Crippen molar-refractivity contribution in [1.82, 2.24) is 0 Å². The average molecular weight is 305 g/mol. The van der Waals surface area contributed by atoms with E-state index in [1.807, 2.05) is 0 Å². The summed E-state index contributed by atoms with van der Waals surface area (Å²) in [5, 5.41) is 11.8. The molecular formula is C16H19NO5. The number of ketones is 1. The first kappa shape index (κ1) is 16.1. The lowest BCUT2D eigenvalue weighted by molar-refractivity contribution is -0.579. The SMILES string of the molecule is CCOC(=O)[C@@H]1CC(=O)C[C@H](c2ccccc2)[C@]1(C)[N+](=O)[O-]. The minimum Gasteiger partial charge on any atom is -0.466 e. The van der Waals surface area contributed by atoms with E-state index in [9.17, 15) is 19.7 Å². The zero-order valence-electron chi connectivity index (χ0n) is 12.7. The molecule has 0 amide bonds. The van der Waals surface area contributed by atoms with Crippen molar-refractivity contribution in [1.29, 1.82) is 0 Å².